The second kappa shape index (κ2) is 6.28. The molecule has 0 radical (unpaired) electrons. The molecule has 7 heteroatoms. The summed E-state index contributed by atoms with van der Waals surface area (Å²) in [6.45, 7) is 1.66. The summed E-state index contributed by atoms with van der Waals surface area (Å²) < 4.78 is 52.6. The highest BCUT2D eigenvalue weighted by Crippen LogP contribution is 2.31. The Hall–Kier alpha value is -0.560. The normalized spacial score (nSPS) is 31.6. The van der Waals surface area contributed by atoms with Crippen molar-refractivity contribution in [2.75, 3.05) is 23.9 Å². The lowest BCUT2D eigenvalue weighted by molar-refractivity contribution is 0.206. The summed E-state index contributed by atoms with van der Waals surface area (Å²) in [5, 5.41) is 0. The molecule has 21 heavy (non-hydrogen) atoms. The van der Waals surface area contributed by atoms with Crippen molar-refractivity contribution in [1.29, 1.82) is 0 Å². The summed E-state index contributed by atoms with van der Waals surface area (Å²) in [5.74, 6) is -0.872. The van der Waals surface area contributed by atoms with E-state index in [-0.39, 0.29) is 30.3 Å². The van der Waals surface area contributed by atoms with Crippen LogP contribution in [-0.2, 0) is 24.4 Å². The zero-order chi connectivity index (χ0) is 15.6. The summed E-state index contributed by atoms with van der Waals surface area (Å²) in [6, 6.07) is 0. The van der Waals surface area contributed by atoms with Gasteiger partial charge in [0.15, 0.2) is 19.7 Å². The molecule has 0 aromatic heterocycles. The van der Waals surface area contributed by atoms with Gasteiger partial charge in [-0.05, 0) is 37.7 Å². The van der Waals surface area contributed by atoms with E-state index < -0.39 is 24.4 Å². The Morgan fingerprint density at radius 1 is 1.10 bits per heavy atom. The van der Waals surface area contributed by atoms with Crippen molar-refractivity contribution in [3.05, 3.63) is 11.8 Å². The first-order valence-corrected chi connectivity index (χ1v) is 11.0. The maximum Gasteiger partial charge on any atom is 0.161 e. The molecule has 1 atom stereocenters. The Labute approximate surface area is 127 Å². The van der Waals surface area contributed by atoms with Crippen LogP contribution >= 0.6 is 0 Å². The summed E-state index contributed by atoms with van der Waals surface area (Å²) >= 11 is 0. The van der Waals surface area contributed by atoms with Gasteiger partial charge in [-0.3, -0.25) is 0 Å². The standard InChI is InChI=1S/C14H24O5S2/c1-2-14(11-19-10-13-6-4-3-5-7-13)12-20(15,16)8-9-21(14,17)18/h10H,2-9,11-12H2,1H3. The number of ether oxygens (including phenoxy) is 1. The molecule has 122 valence electrons. The molecule has 0 aromatic rings. The van der Waals surface area contributed by atoms with Gasteiger partial charge in [-0.25, -0.2) is 16.8 Å². The summed E-state index contributed by atoms with van der Waals surface area (Å²) in [6.07, 6.45) is 7.41. The molecular weight excluding hydrogens is 312 g/mol. The highest BCUT2D eigenvalue weighted by molar-refractivity contribution is 7.99. The molecule has 1 saturated carbocycles. The van der Waals surface area contributed by atoms with Crippen LogP contribution in [-0.4, -0.2) is 45.4 Å². The minimum absolute atomic E-state index is 0.0609. The van der Waals surface area contributed by atoms with Crippen molar-refractivity contribution < 1.29 is 21.6 Å². The van der Waals surface area contributed by atoms with Gasteiger partial charge in [0.25, 0.3) is 0 Å². The third kappa shape index (κ3) is 3.80. The molecule has 1 heterocycles. The van der Waals surface area contributed by atoms with E-state index in [2.05, 4.69) is 0 Å². The van der Waals surface area contributed by atoms with Gasteiger partial charge in [-0.1, -0.05) is 13.3 Å². The van der Waals surface area contributed by atoms with Crippen molar-refractivity contribution in [1.82, 2.24) is 0 Å². The molecule has 1 unspecified atom stereocenters. The van der Waals surface area contributed by atoms with Crippen LogP contribution in [0.1, 0.15) is 45.4 Å². The summed E-state index contributed by atoms with van der Waals surface area (Å²) in [4.78, 5) is 0. The van der Waals surface area contributed by atoms with E-state index in [4.69, 9.17) is 4.74 Å². The molecule has 0 amide bonds. The molecule has 0 aromatic carbocycles. The van der Waals surface area contributed by atoms with Crippen molar-refractivity contribution in [3.63, 3.8) is 0 Å². The molecule has 0 spiro atoms. The van der Waals surface area contributed by atoms with E-state index in [9.17, 15) is 16.8 Å². The molecule has 2 rings (SSSR count). The van der Waals surface area contributed by atoms with Crippen LogP contribution in [0.15, 0.2) is 11.8 Å². The average molecular weight is 336 g/mol. The Morgan fingerprint density at radius 3 is 2.38 bits per heavy atom. The lowest BCUT2D eigenvalue weighted by Crippen LogP contribution is -2.54. The van der Waals surface area contributed by atoms with E-state index in [1.165, 1.54) is 12.0 Å². The lowest BCUT2D eigenvalue weighted by atomic mass is 9.96. The van der Waals surface area contributed by atoms with Gasteiger partial charge >= 0.3 is 0 Å². The van der Waals surface area contributed by atoms with Crippen LogP contribution in [0.4, 0.5) is 0 Å². The Balaban J connectivity index is 2.12. The van der Waals surface area contributed by atoms with Gasteiger partial charge < -0.3 is 4.74 Å². The van der Waals surface area contributed by atoms with Crippen LogP contribution in [0.3, 0.4) is 0 Å². The maximum absolute atomic E-state index is 12.3. The minimum atomic E-state index is -3.44. The zero-order valence-electron chi connectivity index (χ0n) is 12.5. The quantitative estimate of drug-likeness (QED) is 0.732. The summed E-state index contributed by atoms with van der Waals surface area (Å²) in [5.41, 5.74) is 1.20. The van der Waals surface area contributed by atoms with E-state index in [0.717, 1.165) is 25.7 Å². The molecule has 2 fully saturated rings. The van der Waals surface area contributed by atoms with Crippen LogP contribution in [0, 0.1) is 0 Å². The fourth-order valence-electron chi connectivity index (χ4n) is 3.01. The van der Waals surface area contributed by atoms with Gasteiger partial charge in [0.05, 0.1) is 23.5 Å². The minimum Gasteiger partial charge on any atom is -0.500 e. The Morgan fingerprint density at radius 2 is 1.76 bits per heavy atom. The van der Waals surface area contributed by atoms with E-state index in [0.29, 0.717) is 0 Å². The lowest BCUT2D eigenvalue weighted by Gasteiger charge is -2.34. The monoisotopic (exact) mass is 336 g/mol. The summed E-state index contributed by atoms with van der Waals surface area (Å²) in [7, 11) is -6.75. The second-order valence-electron chi connectivity index (χ2n) is 6.10. The van der Waals surface area contributed by atoms with Gasteiger partial charge in [0.2, 0.25) is 0 Å². The molecule has 2 aliphatic rings. The van der Waals surface area contributed by atoms with Crippen LogP contribution < -0.4 is 0 Å². The van der Waals surface area contributed by atoms with Crippen molar-refractivity contribution in [2.45, 2.75) is 50.2 Å². The third-order valence-electron chi connectivity index (χ3n) is 4.54. The average Bonchev–Trinajstić information content (AvgIpc) is 2.44. The van der Waals surface area contributed by atoms with Crippen molar-refractivity contribution in [2.24, 2.45) is 0 Å². The third-order valence-corrected chi connectivity index (χ3v) is 9.41. The predicted molar refractivity (Wildman–Crippen MR) is 82.6 cm³/mol. The van der Waals surface area contributed by atoms with E-state index >= 15 is 0 Å². The van der Waals surface area contributed by atoms with Gasteiger partial charge in [0.1, 0.15) is 11.4 Å². The van der Waals surface area contributed by atoms with Crippen LogP contribution in [0.2, 0.25) is 0 Å². The maximum atomic E-state index is 12.3. The van der Waals surface area contributed by atoms with Crippen LogP contribution in [0.5, 0.6) is 0 Å². The molecule has 0 N–H and O–H groups in total. The first kappa shape index (κ1) is 16.8. The molecule has 1 saturated heterocycles. The molecule has 1 aliphatic carbocycles. The van der Waals surface area contributed by atoms with Crippen molar-refractivity contribution >= 4 is 19.7 Å². The number of sulfone groups is 2. The van der Waals surface area contributed by atoms with Gasteiger partial charge in [-0.2, -0.15) is 0 Å². The fraction of sp³-hybridized carbons (Fsp3) is 0.857. The number of allylic oxidation sites excluding steroid dienone is 1. The Kier molecular flexibility index (Phi) is 5.03. The number of rotatable bonds is 4. The van der Waals surface area contributed by atoms with E-state index in [1.54, 1.807) is 13.2 Å². The first-order valence-electron chi connectivity index (χ1n) is 7.52. The largest absolute Gasteiger partial charge is 0.500 e. The molecule has 1 aliphatic heterocycles. The smallest absolute Gasteiger partial charge is 0.161 e. The Bertz CT molecular complexity index is 595. The highest BCUT2D eigenvalue weighted by Gasteiger charge is 2.50. The first-order chi connectivity index (χ1) is 9.80. The molecule has 5 nitrogen and oxygen atoms in total. The van der Waals surface area contributed by atoms with Gasteiger partial charge in [0, 0.05) is 0 Å². The zero-order valence-corrected chi connectivity index (χ0v) is 14.1. The second-order valence-corrected chi connectivity index (χ2v) is 10.8. The SMILES string of the molecule is CCC1(COC=C2CCCCC2)CS(=O)(=O)CCS1(=O)=O. The number of hydrogen-bond donors (Lipinski definition) is 0. The topological polar surface area (TPSA) is 77.5 Å². The van der Waals surface area contributed by atoms with Crippen LogP contribution in [0.25, 0.3) is 0 Å². The predicted octanol–water partition coefficient (Wildman–Crippen LogP) is 1.84. The molecular formula is C14H24O5S2. The van der Waals surface area contributed by atoms with Gasteiger partial charge in [-0.15, -0.1) is 0 Å². The molecule has 0 bridgehead atoms. The van der Waals surface area contributed by atoms with E-state index in [1.807, 2.05) is 0 Å². The number of hydrogen-bond acceptors (Lipinski definition) is 5. The fourth-order valence-corrected chi connectivity index (χ4v) is 8.51. The van der Waals surface area contributed by atoms with Crippen molar-refractivity contribution in [3.8, 4) is 0 Å². The highest BCUT2D eigenvalue weighted by atomic mass is 32.2.